The van der Waals surface area contributed by atoms with Crippen molar-refractivity contribution in [2.24, 2.45) is 10.8 Å². The summed E-state index contributed by atoms with van der Waals surface area (Å²) in [4.78, 5) is 0. The predicted molar refractivity (Wildman–Crippen MR) is 61.3 cm³/mol. The molecule has 0 unspecified atom stereocenters. The summed E-state index contributed by atoms with van der Waals surface area (Å²) in [6, 6.07) is 0. The molecule has 0 bridgehead atoms. The van der Waals surface area contributed by atoms with Gasteiger partial charge in [0, 0.05) is 0 Å². The first-order valence-electron chi connectivity index (χ1n) is 6.15. The van der Waals surface area contributed by atoms with Crippen molar-refractivity contribution in [3.05, 3.63) is 0 Å². The molecule has 0 atom stereocenters. The maximum Gasteiger partial charge on any atom is 0.0540 e. The third kappa shape index (κ3) is 1.98. The minimum Gasteiger partial charge on any atom is -0.393 e. The normalized spacial score (nSPS) is 34.5. The molecule has 1 aliphatic rings. The summed E-state index contributed by atoms with van der Waals surface area (Å²) in [5.41, 5.74) is 0.920. The molecule has 0 heterocycles. The SMILES string of the molecule is CCC(C)(C)C1(CC)CCC(O)CC1. The molecule has 0 spiro atoms. The van der Waals surface area contributed by atoms with Crippen LogP contribution >= 0.6 is 0 Å². The third-order valence-corrected chi connectivity index (χ3v) is 4.91. The molecule has 1 rings (SSSR count). The van der Waals surface area contributed by atoms with Crippen molar-refractivity contribution < 1.29 is 5.11 Å². The van der Waals surface area contributed by atoms with E-state index in [1.54, 1.807) is 0 Å². The molecule has 0 aliphatic heterocycles. The summed E-state index contributed by atoms with van der Waals surface area (Å²) in [7, 11) is 0. The molecular weight excluding hydrogens is 172 g/mol. The van der Waals surface area contributed by atoms with Crippen molar-refractivity contribution in [1.29, 1.82) is 0 Å². The molecule has 1 fully saturated rings. The Labute approximate surface area is 88.9 Å². The van der Waals surface area contributed by atoms with E-state index in [0.29, 0.717) is 10.8 Å². The molecule has 1 saturated carbocycles. The Bertz CT molecular complexity index is 176. The van der Waals surface area contributed by atoms with Crippen LogP contribution in [0.4, 0.5) is 0 Å². The van der Waals surface area contributed by atoms with Crippen LogP contribution in [0.2, 0.25) is 0 Å². The quantitative estimate of drug-likeness (QED) is 0.732. The number of rotatable bonds is 3. The molecule has 84 valence electrons. The molecule has 0 aromatic carbocycles. The third-order valence-electron chi connectivity index (χ3n) is 4.91. The van der Waals surface area contributed by atoms with Gasteiger partial charge in [0.05, 0.1) is 6.10 Å². The van der Waals surface area contributed by atoms with Gasteiger partial charge in [-0.3, -0.25) is 0 Å². The lowest BCUT2D eigenvalue weighted by atomic mass is 9.56. The molecule has 14 heavy (non-hydrogen) atoms. The molecule has 1 aliphatic carbocycles. The number of aliphatic hydroxyl groups is 1. The first-order valence-corrected chi connectivity index (χ1v) is 6.15. The van der Waals surface area contributed by atoms with Gasteiger partial charge in [-0.05, 0) is 42.9 Å². The van der Waals surface area contributed by atoms with Gasteiger partial charge in [0.25, 0.3) is 0 Å². The van der Waals surface area contributed by atoms with Crippen LogP contribution in [0.1, 0.15) is 66.2 Å². The van der Waals surface area contributed by atoms with E-state index in [1.807, 2.05) is 0 Å². The summed E-state index contributed by atoms with van der Waals surface area (Å²) in [5, 5.41) is 9.58. The predicted octanol–water partition coefficient (Wildman–Crippen LogP) is 3.75. The molecule has 1 heteroatoms. The van der Waals surface area contributed by atoms with Crippen LogP contribution in [0.5, 0.6) is 0 Å². The molecule has 1 N–H and O–H groups in total. The number of aliphatic hydroxyl groups excluding tert-OH is 1. The van der Waals surface area contributed by atoms with Crippen molar-refractivity contribution in [2.75, 3.05) is 0 Å². The summed E-state index contributed by atoms with van der Waals surface area (Å²) in [5.74, 6) is 0. The van der Waals surface area contributed by atoms with Gasteiger partial charge in [-0.15, -0.1) is 0 Å². The zero-order valence-corrected chi connectivity index (χ0v) is 10.3. The second-order valence-electron chi connectivity index (χ2n) is 5.60. The zero-order chi connectivity index (χ0) is 10.8. The van der Waals surface area contributed by atoms with Crippen molar-refractivity contribution in [3.63, 3.8) is 0 Å². The fourth-order valence-electron chi connectivity index (χ4n) is 3.04. The highest BCUT2D eigenvalue weighted by molar-refractivity contribution is 4.94. The molecular formula is C13H26O. The molecule has 0 radical (unpaired) electrons. The van der Waals surface area contributed by atoms with Crippen molar-refractivity contribution >= 4 is 0 Å². The fourth-order valence-corrected chi connectivity index (χ4v) is 3.04. The van der Waals surface area contributed by atoms with E-state index in [0.717, 1.165) is 12.8 Å². The maximum atomic E-state index is 9.58. The van der Waals surface area contributed by atoms with E-state index in [-0.39, 0.29) is 6.10 Å². The Hall–Kier alpha value is -0.0400. The van der Waals surface area contributed by atoms with E-state index in [4.69, 9.17) is 0 Å². The smallest absolute Gasteiger partial charge is 0.0540 e. The average molecular weight is 198 g/mol. The van der Waals surface area contributed by atoms with Gasteiger partial charge in [-0.2, -0.15) is 0 Å². The van der Waals surface area contributed by atoms with Crippen molar-refractivity contribution in [3.8, 4) is 0 Å². The minimum atomic E-state index is -0.0256. The van der Waals surface area contributed by atoms with Gasteiger partial charge in [-0.25, -0.2) is 0 Å². The molecule has 0 aromatic rings. The van der Waals surface area contributed by atoms with E-state index in [1.165, 1.54) is 25.7 Å². The Morgan fingerprint density at radius 2 is 1.71 bits per heavy atom. The van der Waals surface area contributed by atoms with Gasteiger partial charge < -0.3 is 5.11 Å². The van der Waals surface area contributed by atoms with E-state index in [9.17, 15) is 5.11 Å². The van der Waals surface area contributed by atoms with Crippen LogP contribution in [0.15, 0.2) is 0 Å². The largest absolute Gasteiger partial charge is 0.393 e. The lowest BCUT2D eigenvalue weighted by Gasteiger charge is -2.50. The number of hydrogen-bond donors (Lipinski definition) is 1. The molecule has 0 saturated heterocycles. The van der Waals surface area contributed by atoms with Gasteiger partial charge in [0.2, 0.25) is 0 Å². The van der Waals surface area contributed by atoms with Crippen LogP contribution in [-0.2, 0) is 0 Å². The van der Waals surface area contributed by atoms with Gasteiger partial charge >= 0.3 is 0 Å². The van der Waals surface area contributed by atoms with Gasteiger partial charge in [0.1, 0.15) is 0 Å². The van der Waals surface area contributed by atoms with Gasteiger partial charge in [-0.1, -0.05) is 34.1 Å². The van der Waals surface area contributed by atoms with Crippen LogP contribution in [0.3, 0.4) is 0 Å². The Kier molecular flexibility index (Phi) is 3.63. The maximum absolute atomic E-state index is 9.58. The number of hydrogen-bond acceptors (Lipinski definition) is 1. The highest BCUT2D eigenvalue weighted by Crippen LogP contribution is 2.53. The second kappa shape index (κ2) is 4.22. The monoisotopic (exact) mass is 198 g/mol. The summed E-state index contributed by atoms with van der Waals surface area (Å²) >= 11 is 0. The Morgan fingerprint density at radius 3 is 2.07 bits per heavy atom. The summed E-state index contributed by atoms with van der Waals surface area (Å²) in [6.07, 6.45) is 6.94. The lowest BCUT2D eigenvalue weighted by Crippen LogP contribution is -2.41. The van der Waals surface area contributed by atoms with Crippen molar-refractivity contribution in [2.45, 2.75) is 72.3 Å². The Morgan fingerprint density at radius 1 is 1.21 bits per heavy atom. The molecule has 1 nitrogen and oxygen atoms in total. The zero-order valence-electron chi connectivity index (χ0n) is 10.3. The van der Waals surface area contributed by atoms with E-state index < -0.39 is 0 Å². The summed E-state index contributed by atoms with van der Waals surface area (Å²) in [6.45, 7) is 9.40. The van der Waals surface area contributed by atoms with Crippen LogP contribution in [0, 0.1) is 10.8 Å². The van der Waals surface area contributed by atoms with Crippen molar-refractivity contribution in [1.82, 2.24) is 0 Å². The van der Waals surface area contributed by atoms with Crippen LogP contribution < -0.4 is 0 Å². The first-order chi connectivity index (χ1) is 6.47. The highest BCUT2D eigenvalue weighted by atomic mass is 16.3. The molecule has 0 amide bonds. The highest BCUT2D eigenvalue weighted by Gasteiger charge is 2.44. The first kappa shape index (κ1) is 12.0. The second-order valence-corrected chi connectivity index (χ2v) is 5.60. The average Bonchev–Trinajstić information content (AvgIpc) is 2.19. The lowest BCUT2D eigenvalue weighted by molar-refractivity contribution is -0.0233. The van der Waals surface area contributed by atoms with E-state index in [2.05, 4.69) is 27.7 Å². The molecule has 0 aromatic heterocycles. The van der Waals surface area contributed by atoms with Crippen LogP contribution in [0.25, 0.3) is 0 Å². The van der Waals surface area contributed by atoms with E-state index >= 15 is 0 Å². The van der Waals surface area contributed by atoms with Gasteiger partial charge in [0.15, 0.2) is 0 Å². The standard InChI is InChI=1S/C13H26O/c1-5-12(3,4)13(6-2)9-7-11(14)8-10-13/h11,14H,5-10H2,1-4H3. The fraction of sp³-hybridized carbons (Fsp3) is 1.00. The van der Waals surface area contributed by atoms with Crippen LogP contribution in [-0.4, -0.2) is 11.2 Å². The topological polar surface area (TPSA) is 20.2 Å². The Balaban J connectivity index is 2.77. The summed E-state index contributed by atoms with van der Waals surface area (Å²) < 4.78 is 0. The minimum absolute atomic E-state index is 0.0256.